The van der Waals surface area contributed by atoms with Crippen molar-refractivity contribution in [3.8, 4) is 0 Å². The van der Waals surface area contributed by atoms with Gasteiger partial charge in [-0.1, -0.05) is 42.8 Å². The lowest BCUT2D eigenvalue weighted by molar-refractivity contribution is 0.295. The van der Waals surface area contributed by atoms with Gasteiger partial charge in [-0.05, 0) is 23.5 Å². The molecule has 1 aromatic rings. The van der Waals surface area contributed by atoms with Crippen molar-refractivity contribution >= 4 is 27.7 Å². The zero-order chi connectivity index (χ0) is 11.3. The second-order valence-electron chi connectivity index (χ2n) is 4.70. The fourth-order valence-corrected chi connectivity index (χ4v) is 3.95. The van der Waals surface area contributed by atoms with Gasteiger partial charge in [0.15, 0.2) is 0 Å². The number of pyridine rings is 1. The Balaban J connectivity index is 2.49. The average Bonchev–Trinajstić information content (AvgIpc) is 2.18. The van der Waals surface area contributed by atoms with E-state index in [1.165, 1.54) is 0 Å². The molecule has 15 heavy (non-hydrogen) atoms. The Kier molecular flexibility index (Phi) is 5.13. The summed E-state index contributed by atoms with van der Waals surface area (Å²) in [7, 11) is 0. The summed E-state index contributed by atoms with van der Waals surface area (Å²) >= 11 is 5.43. The SMILES string of the molecule is CC(C)(C)C(CBr)CSc1ccccn1. The third-order valence-electron chi connectivity index (χ3n) is 2.48. The lowest BCUT2D eigenvalue weighted by Crippen LogP contribution is -2.24. The minimum atomic E-state index is 0.352. The molecule has 1 aromatic heterocycles. The van der Waals surface area contributed by atoms with Gasteiger partial charge in [0.25, 0.3) is 0 Å². The fourth-order valence-electron chi connectivity index (χ4n) is 1.14. The van der Waals surface area contributed by atoms with Crippen LogP contribution in [0.5, 0.6) is 0 Å². The molecule has 0 fully saturated rings. The first-order chi connectivity index (χ1) is 7.04. The third-order valence-corrected chi connectivity index (χ3v) is 4.37. The van der Waals surface area contributed by atoms with Crippen LogP contribution < -0.4 is 0 Å². The number of hydrogen-bond acceptors (Lipinski definition) is 2. The van der Waals surface area contributed by atoms with Gasteiger partial charge >= 0.3 is 0 Å². The zero-order valence-electron chi connectivity index (χ0n) is 9.53. The molecule has 3 heteroatoms. The third kappa shape index (κ3) is 4.56. The minimum absolute atomic E-state index is 0.352. The van der Waals surface area contributed by atoms with Crippen LogP contribution in [0.25, 0.3) is 0 Å². The molecule has 0 spiro atoms. The van der Waals surface area contributed by atoms with E-state index >= 15 is 0 Å². The Morgan fingerprint density at radius 2 is 2.13 bits per heavy atom. The summed E-state index contributed by atoms with van der Waals surface area (Å²) in [6.07, 6.45) is 1.85. The maximum absolute atomic E-state index is 4.31. The number of thioether (sulfide) groups is 1. The standard InChI is InChI=1S/C12H18BrNS/c1-12(2,3)10(8-13)9-15-11-6-4-5-7-14-11/h4-7,10H,8-9H2,1-3H3. The molecule has 1 heterocycles. The van der Waals surface area contributed by atoms with Crippen molar-refractivity contribution in [2.45, 2.75) is 25.8 Å². The molecular formula is C12H18BrNS. The highest BCUT2D eigenvalue weighted by molar-refractivity contribution is 9.09. The van der Waals surface area contributed by atoms with Gasteiger partial charge < -0.3 is 0 Å². The zero-order valence-corrected chi connectivity index (χ0v) is 11.9. The van der Waals surface area contributed by atoms with Crippen LogP contribution in [-0.2, 0) is 0 Å². The predicted octanol–water partition coefficient (Wildman–Crippen LogP) is 4.23. The lowest BCUT2D eigenvalue weighted by atomic mass is 9.83. The van der Waals surface area contributed by atoms with E-state index < -0.39 is 0 Å². The van der Waals surface area contributed by atoms with Gasteiger partial charge in [-0.3, -0.25) is 0 Å². The normalized spacial score (nSPS) is 13.9. The summed E-state index contributed by atoms with van der Waals surface area (Å²) in [5.41, 5.74) is 0.352. The van der Waals surface area contributed by atoms with Crippen LogP contribution in [0.4, 0.5) is 0 Å². The van der Waals surface area contributed by atoms with E-state index in [2.05, 4.69) is 47.8 Å². The highest BCUT2D eigenvalue weighted by atomic mass is 79.9. The number of rotatable bonds is 4. The van der Waals surface area contributed by atoms with E-state index in [0.29, 0.717) is 11.3 Å². The number of aromatic nitrogens is 1. The van der Waals surface area contributed by atoms with Gasteiger partial charge in [-0.2, -0.15) is 0 Å². The molecule has 1 unspecified atom stereocenters. The van der Waals surface area contributed by atoms with E-state index in [1.54, 1.807) is 0 Å². The van der Waals surface area contributed by atoms with Crippen LogP contribution in [0, 0.1) is 11.3 Å². The highest BCUT2D eigenvalue weighted by Gasteiger charge is 2.23. The number of nitrogens with zero attached hydrogens (tertiary/aromatic N) is 1. The van der Waals surface area contributed by atoms with Crippen LogP contribution in [0.15, 0.2) is 29.4 Å². The maximum atomic E-state index is 4.31. The van der Waals surface area contributed by atoms with Crippen molar-refractivity contribution in [2.24, 2.45) is 11.3 Å². The molecule has 84 valence electrons. The van der Waals surface area contributed by atoms with Crippen LogP contribution >= 0.6 is 27.7 Å². The second-order valence-corrected chi connectivity index (χ2v) is 6.38. The number of alkyl halides is 1. The second kappa shape index (κ2) is 5.90. The van der Waals surface area contributed by atoms with Crippen LogP contribution in [0.3, 0.4) is 0 Å². The molecule has 0 aliphatic rings. The Morgan fingerprint density at radius 1 is 1.40 bits per heavy atom. The molecule has 0 radical (unpaired) electrons. The van der Waals surface area contributed by atoms with E-state index in [4.69, 9.17) is 0 Å². The maximum Gasteiger partial charge on any atom is 0.0959 e. The van der Waals surface area contributed by atoms with Gasteiger partial charge in [0.1, 0.15) is 0 Å². The molecule has 1 atom stereocenters. The quantitative estimate of drug-likeness (QED) is 0.607. The summed E-state index contributed by atoms with van der Waals surface area (Å²) < 4.78 is 0. The molecule has 0 aromatic carbocycles. The highest BCUT2D eigenvalue weighted by Crippen LogP contribution is 2.32. The number of hydrogen-bond donors (Lipinski definition) is 0. The largest absolute Gasteiger partial charge is 0.250 e. The molecule has 0 amide bonds. The summed E-state index contributed by atoms with van der Waals surface area (Å²) in [4.78, 5) is 4.31. The van der Waals surface area contributed by atoms with Gasteiger partial charge in [0.05, 0.1) is 5.03 Å². The van der Waals surface area contributed by atoms with Crippen LogP contribution in [0.2, 0.25) is 0 Å². The molecule has 0 saturated carbocycles. The summed E-state index contributed by atoms with van der Waals surface area (Å²) in [5, 5.41) is 2.17. The minimum Gasteiger partial charge on any atom is -0.250 e. The van der Waals surface area contributed by atoms with Crippen molar-refractivity contribution < 1.29 is 0 Å². The first-order valence-electron chi connectivity index (χ1n) is 5.14. The van der Waals surface area contributed by atoms with Gasteiger partial charge in [0.2, 0.25) is 0 Å². The first kappa shape index (κ1) is 13.0. The van der Waals surface area contributed by atoms with E-state index in [0.717, 1.165) is 16.1 Å². The molecule has 0 bridgehead atoms. The molecule has 0 aliphatic carbocycles. The smallest absolute Gasteiger partial charge is 0.0959 e. The Labute approximate surface area is 105 Å². The van der Waals surface area contributed by atoms with Crippen LogP contribution in [0.1, 0.15) is 20.8 Å². The Hall–Kier alpha value is -0.0200. The van der Waals surface area contributed by atoms with Crippen molar-refractivity contribution in [3.05, 3.63) is 24.4 Å². The Morgan fingerprint density at radius 3 is 2.60 bits per heavy atom. The topological polar surface area (TPSA) is 12.9 Å². The Bertz CT molecular complexity index is 281. The molecule has 0 aliphatic heterocycles. The molecular weight excluding hydrogens is 270 g/mol. The summed E-state index contributed by atoms with van der Waals surface area (Å²) in [6, 6.07) is 6.06. The van der Waals surface area contributed by atoms with E-state index in [9.17, 15) is 0 Å². The van der Waals surface area contributed by atoms with Crippen molar-refractivity contribution in [1.29, 1.82) is 0 Å². The van der Waals surface area contributed by atoms with Gasteiger partial charge in [0, 0.05) is 17.3 Å². The van der Waals surface area contributed by atoms with Crippen molar-refractivity contribution in [2.75, 3.05) is 11.1 Å². The van der Waals surface area contributed by atoms with Crippen molar-refractivity contribution in [3.63, 3.8) is 0 Å². The van der Waals surface area contributed by atoms with Crippen LogP contribution in [-0.4, -0.2) is 16.1 Å². The molecule has 1 rings (SSSR count). The molecule has 1 nitrogen and oxygen atoms in total. The van der Waals surface area contributed by atoms with E-state index in [-0.39, 0.29) is 0 Å². The fraction of sp³-hybridized carbons (Fsp3) is 0.583. The van der Waals surface area contributed by atoms with Gasteiger partial charge in [-0.25, -0.2) is 4.98 Å². The first-order valence-corrected chi connectivity index (χ1v) is 7.24. The molecule has 0 N–H and O–H groups in total. The predicted molar refractivity (Wildman–Crippen MR) is 71.7 cm³/mol. The monoisotopic (exact) mass is 287 g/mol. The average molecular weight is 288 g/mol. The molecule has 0 saturated heterocycles. The van der Waals surface area contributed by atoms with Crippen molar-refractivity contribution in [1.82, 2.24) is 4.98 Å². The van der Waals surface area contributed by atoms with E-state index in [1.807, 2.05) is 30.1 Å². The number of halogens is 1. The lowest BCUT2D eigenvalue weighted by Gasteiger charge is -2.28. The summed E-state index contributed by atoms with van der Waals surface area (Å²) in [6.45, 7) is 6.87. The van der Waals surface area contributed by atoms with Gasteiger partial charge in [-0.15, -0.1) is 11.8 Å². The summed E-state index contributed by atoms with van der Waals surface area (Å²) in [5.74, 6) is 1.79.